The summed E-state index contributed by atoms with van der Waals surface area (Å²) in [7, 11) is 0. The zero-order valence-corrected chi connectivity index (χ0v) is 12.8. The van der Waals surface area contributed by atoms with Crippen LogP contribution in [0.2, 0.25) is 0 Å². The monoisotopic (exact) mass is 325 g/mol. The molecule has 5 heteroatoms. The highest BCUT2D eigenvalue weighted by molar-refractivity contribution is 9.10. The second-order valence-corrected chi connectivity index (χ2v) is 5.83. The van der Waals surface area contributed by atoms with Gasteiger partial charge in [-0.25, -0.2) is 4.98 Å². The number of carbonyl (C=O) groups excluding carboxylic acids is 1. The van der Waals surface area contributed by atoms with Crippen molar-refractivity contribution in [1.82, 2.24) is 15.2 Å². The number of carbonyl (C=O) groups is 1. The van der Waals surface area contributed by atoms with E-state index in [9.17, 15) is 4.79 Å². The summed E-state index contributed by atoms with van der Waals surface area (Å²) in [6.07, 6.45) is 4.07. The molecular formula is C14H20BrN3O. The summed E-state index contributed by atoms with van der Waals surface area (Å²) >= 11 is 3.33. The third-order valence-electron chi connectivity index (χ3n) is 3.49. The van der Waals surface area contributed by atoms with Crippen molar-refractivity contribution < 1.29 is 4.79 Å². The molecule has 1 atom stereocenters. The van der Waals surface area contributed by atoms with Crippen LogP contribution in [0.5, 0.6) is 0 Å². The molecule has 2 rings (SSSR count). The highest BCUT2D eigenvalue weighted by Gasteiger charge is 2.21. The van der Waals surface area contributed by atoms with Crippen LogP contribution in [0, 0.1) is 5.92 Å². The van der Waals surface area contributed by atoms with Gasteiger partial charge in [-0.15, -0.1) is 0 Å². The van der Waals surface area contributed by atoms with Crippen LogP contribution in [0.1, 0.15) is 30.3 Å². The van der Waals surface area contributed by atoms with Crippen molar-refractivity contribution >= 4 is 21.8 Å². The third-order valence-corrected chi connectivity index (χ3v) is 3.96. The standard InChI is InChI=1S/C14H20BrN3O/c1-2-18(10-11-4-3-7-16-8-11)14(19)13-6-5-12(15)9-17-13/h5-6,9,11,16H,2-4,7-8,10H2,1H3. The lowest BCUT2D eigenvalue weighted by atomic mass is 9.99. The maximum Gasteiger partial charge on any atom is 0.272 e. The van der Waals surface area contributed by atoms with E-state index in [1.165, 1.54) is 12.8 Å². The van der Waals surface area contributed by atoms with E-state index in [4.69, 9.17) is 0 Å². The maximum atomic E-state index is 12.4. The van der Waals surface area contributed by atoms with E-state index in [1.807, 2.05) is 17.9 Å². The van der Waals surface area contributed by atoms with Gasteiger partial charge in [0, 0.05) is 23.8 Å². The van der Waals surface area contributed by atoms with Crippen molar-refractivity contribution in [3.8, 4) is 0 Å². The fraction of sp³-hybridized carbons (Fsp3) is 0.571. The van der Waals surface area contributed by atoms with Crippen molar-refractivity contribution in [2.24, 2.45) is 5.92 Å². The minimum atomic E-state index is 0.0283. The van der Waals surface area contributed by atoms with E-state index in [1.54, 1.807) is 12.3 Å². The summed E-state index contributed by atoms with van der Waals surface area (Å²) in [6.45, 7) is 5.68. The molecule has 0 aromatic carbocycles. The number of aromatic nitrogens is 1. The average Bonchev–Trinajstić information content (AvgIpc) is 2.46. The van der Waals surface area contributed by atoms with Crippen LogP contribution >= 0.6 is 15.9 Å². The Kier molecular flexibility index (Phi) is 5.34. The van der Waals surface area contributed by atoms with Crippen LogP contribution < -0.4 is 5.32 Å². The van der Waals surface area contributed by atoms with Crippen molar-refractivity contribution in [3.05, 3.63) is 28.5 Å². The fourth-order valence-corrected chi connectivity index (χ4v) is 2.65. The summed E-state index contributed by atoms with van der Waals surface area (Å²) in [5.74, 6) is 0.591. The second kappa shape index (κ2) is 7.01. The Morgan fingerprint density at radius 2 is 2.42 bits per heavy atom. The number of rotatable bonds is 4. The van der Waals surface area contributed by atoms with E-state index < -0.39 is 0 Å². The van der Waals surface area contributed by atoms with Crippen molar-refractivity contribution in [2.75, 3.05) is 26.2 Å². The Morgan fingerprint density at radius 3 is 3.00 bits per heavy atom. The number of pyridine rings is 1. The largest absolute Gasteiger partial charge is 0.337 e. The number of hydrogen-bond acceptors (Lipinski definition) is 3. The van der Waals surface area contributed by atoms with E-state index in [2.05, 4.69) is 26.2 Å². The van der Waals surface area contributed by atoms with Gasteiger partial charge in [0.25, 0.3) is 5.91 Å². The molecule has 1 fully saturated rings. The van der Waals surface area contributed by atoms with E-state index >= 15 is 0 Å². The zero-order valence-electron chi connectivity index (χ0n) is 11.2. The molecule has 0 saturated carbocycles. The Bertz CT molecular complexity index is 415. The molecule has 1 aromatic heterocycles. The Labute approximate surface area is 122 Å². The lowest BCUT2D eigenvalue weighted by molar-refractivity contribution is 0.0723. The molecule has 2 heterocycles. The summed E-state index contributed by atoms with van der Waals surface area (Å²) in [4.78, 5) is 18.5. The molecule has 0 radical (unpaired) electrons. The molecule has 0 spiro atoms. The molecule has 104 valence electrons. The number of nitrogens with one attached hydrogen (secondary N) is 1. The molecule has 1 N–H and O–H groups in total. The Hall–Kier alpha value is -0.940. The maximum absolute atomic E-state index is 12.4. The van der Waals surface area contributed by atoms with Gasteiger partial charge < -0.3 is 10.2 Å². The Morgan fingerprint density at radius 1 is 1.58 bits per heavy atom. The predicted octanol–water partition coefficient (Wildman–Crippen LogP) is 2.31. The summed E-state index contributed by atoms with van der Waals surface area (Å²) in [5.41, 5.74) is 0.522. The number of amides is 1. The minimum Gasteiger partial charge on any atom is -0.337 e. The van der Waals surface area contributed by atoms with Crippen molar-refractivity contribution in [3.63, 3.8) is 0 Å². The fourth-order valence-electron chi connectivity index (χ4n) is 2.41. The van der Waals surface area contributed by atoms with Gasteiger partial charge in [-0.1, -0.05) is 0 Å². The second-order valence-electron chi connectivity index (χ2n) is 4.92. The predicted molar refractivity (Wildman–Crippen MR) is 79.1 cm³/mol. The summed E-state index contributed by atoms with van der Waals surface area (Å²) in [6, 6.07) is 3.63. The molecule has 4 nitrogen and oxygen atoms in total. The van der Waals surface area contributed by atoms with Gasteiger partial charge in [-0.3, -0.25) is 4.79 Å². The number of piperidine rings is 1. The molecule has 0 aliphatic carbocycles. The number of nitrogens with zero attached hydrogens (tertiary/aromatic N) is 2. The first-order valence-electron chi connectivity index (χ1n) is 6.82. The number of halogens is 1. The van der Waals surface area contributed by atoms with Crippen molar-refractivity contribution in [2.45, 2.75) is 19.8 Å². The van der Waals surface area contributed by atoms with Gasteiger partial charge in [0.15, 0.2) is 0 Å². The van der Waals surface area contributed by atoms with Crippen molar-refractivity contribution in [1.29, 1.82) is 0 Å². The highest BCUT2D eigenvalue weighted by atomic mass is 79.9. The molecule has 1 amide bonds. The molecule has 0 bridgehead atoms. The van der Waals surface area contributed by atoms with E-state index in [-0.39, 0.29) is 5.91 Å². The molecule has 1 unspecified atom stereocenters. The van der Waals surface area contributed by atoms with Gasteiger partial charge in [0.1, 0.15) is 5.69 Å². The van der Waals surface area contributed by atoms with Crippen LogP contribution in [0.25, 0.3) is 0 Å². The van der Waals surface area contributed by atoms with Gasteiger partial charge in [-0.2, -0.15) is 0 Å². The molecular weight excluding hydrogens is 306 g/mol. The highest BCUT2D eigenvalue weighted by Crippen LogP contribution is 2.14. The van der Waals surface area contributed by atoms with Gasteiger partial charge in [-0.05, 0) is 66.8 Å². The molecule has 1 aliphatic rings. The minimum absolute atomic E-state index is 0.0283. The molecule has 19 heavy (non-hydrogen) atoms. The summed E-state index contributed by atoms with van der Waals surface area (Å²) < 4.78 is 0.892. The zero-order chi connectivity index (χ0) is 13.7. The summed E-state index contributed by atoms with van der Waals surface area (Å²) in [5, 5.41) is 3.39. The average molecular weight is 326 g/mol. The van der Waals surface area contributed by atoms with E-state index in [0.717, 1.165) is 30.7 Å². The smallest absolute Gasteiger partial charge is 0.272 e. The van der Waals surface area contributed by atoms with E-state index in [0.29, 0.717) is 11.6 Å². The van der Waals surface area contributed by atoms with Crippen LogP contribution in [0.4, 0.5) is 0 Å². The van der Waals surface area contributed by atoms with Crippen LogP contribution in [-0.4, -0.2) is 42.0 Å². The first-order chi connectivity index (χ1) is 9.20. The van der Waals surface area contributed by atoms with Crippen LogP contribution in [0.15, 0.2) is 22.8 Å². The molecule has 1 saturated heterocycles. The first-order valence-corrected chi connectivity index (χ1v) is 7.61. The van der Waals surface area contributed by atoms with Gasteiger partial charge in [0.05, 0.1) is 0 Å². The molecule has 1 aliphatic heterocycles. The SMILES string of the molecule is CCN(CC1CCCNC1)C(=O)c1ccc(Br)cn1. The Balaban J connectivity index is 1.99. The van der Waals surface area contributed by atoms with Gasteiger partial charge in [0.2, 0.25) is 0 Å². The topological polar surface area (TPSA) is 45.2 Å². The quantitative estimate of drug-likeness (QED) is 0.923. The van der Waals surface area contributed by atoms with Crippen LogP contribution in [-0.2, 0) is 0 Å². The lowest BCUT2D eigenvalue weighted by Crippen LogP contribution is -2.41. The van der Waals surface area contributed by atoms with Gasteiger partial charge >= 0.3 is 0 Å². The van der Waals surface area contributed by atoms with Crippen LogP contribution in [0.3, 0.4) is 0 Å². The molecule has 1 aromatic rings. The lowest BCUT2D eigenvalue weighted by Gasteiger charge is -2.29. The third kappa shape index (κ3) is 4.01. The number of hydrogen-bond donors (Lipinski definition) is 1. The first kappa shape index (κ1) is 14.5. The normalized spacial score (nSPS) is 19.2.